The molecule has 0 bridgehead atoms. The highest BCUT2D eigenvalue weighted by Gasteiger charge is 2.16. The molecule has 11 aromatic rings. The maximum atomic E-state index is 2.39. The summed E-state index contributed by atoms with van der Waals surface area (Å²) in [7, 11) is 0. The molecule has 0 radical (unpaired) electrons. The van der Waals surface area contributed by atoms with Gasteiger partial charge in [-0.3, -0.25) is 0 Å². The Balaban J connectivity index is 1.05. The predicted octanol–water partition coefficient (Wildman–Crippen LogP) is 15.4. The van der Waals surface area contributed by atoms with Crippen molar-refractivity contribution in [2.24, 2.45) is 0 Å². The number of benzene rings is 11. The quantitative estimate of drug-likeness (QED) is 0.162. The van der Waals surface area contributed by atoms with Gasteiger partial charge in [-0.05, 0) is 135 Å². The lowest BCUT2D eigenvalue weighted by molar-refractivity contribution is 1.29. The number of hydrogen-bond donors (Lipinski definition) is 0. The van der Waals surface area contributed by atoms with Crippen molar-refractivity contribution in [2.45, 2.75) is 0 Å². The molecule has 1 nitrogen and oxygen atoms in total. The lowest BCUT2D eigenvalue weighted by Crippen LogP contribution is -2.09. The molecule has 0 aliphatic carbocycles. The number of hydrogen-bond acceptors (Lipinski definition) is 1. The molecular formula is C54H35N. The van der Waals surface area contributed by atoms with Crippen LogP contribution in [0.1, 0.15) is 0 Å². The number of anilines is 3. The molecule has 11 rings (SSSR count). The van der Waals surface area contributed by atoms with Crippen LogP contribution in [0.5, 0.6) is 0 Å². The van der Waals surface area contributed by atoms with E-state index < -0.39 is 0 Å². The van der Waals surface area contributed by atoms with Crippen LogP contribution in [0, 0.1) is 0 Å². The van der Waals surface area contributed by atoms with E-state index in [0.717, 1.165) is 17.1 Å². The van der Waals surface area contributed by atoms with E-state index in [0.29, 0.717) is 0 Å². The second kappa shape index (κ2) is 12.7. The second-order valence-corrected chi connectivity index (χ2v) is 14.5. The molecule has 0 fully saturated rings. The molecule has 0 aliphatic heterocycles. The van der Waals surface area contributed by atoms with Gasteiger partial charge in [0.1, 0.15) is 0 Å². The summed E-state index contributed by atoms with van der Waals surface area (Å²) in [5, 5.41) is 15.2. The standard InChI is InChI=1S/C54H35N/c1-4-14-45-36(11-1)21-22-41-33-44(31-32-48(41)45)55(42-27-23-37(24-28-42)53-34-39-12-2-5-15-46(39)49-17-7-9-19-51(49)53)43-29-25-38(26-30-43)54-35-40-13-3-6-16-47(40)50-18-8-10-20-52(50)54/h1-35H. The first-order valence-electron chi connectivity index (χ1n) is 19.0. The maximum absolute atomic E-state index is 2.39. The van der Waals surface area contributed by atoms with E-state index in [1.165, 1.54) is 86.9 Å². The Morgan fingerprint density at radius 2 is 0.564 bits per heavy atom. The first-order valence-corrected chi connectivity index (χ1v) is 19.0. The Morgan fingerprint density at radius 3 is 1.07 bits per heavy atom. The highest BCUT2D eigenvalue weighted by Crippen LogP contribution is 2.42. The number of fused-ring (bicyclic) bond motifs is 9. The summed E-state index contributed by atoms with van der Waals surface area (Å²) in [6.45, 7) is 0. The monoisotopic (exact) mass is 697 g/mol. The summed E-state index contributed by atoms with van der Waals surface area (Å²) < 4.78 is 0. The van der Waals surface area contributed by atoms with Crippen LogP contribution in [0.25, 0.3) is 86.9 Å². The summed E-state index contributed by atoms with van der Waals surface area (Å²) in [4.78, 5) is 2.39. The Labute approximate surface area is 320 Å². The number of rotatable bonds is 5. The number of nitrogens with zero attached hydrogens (tertiary/aromatic N) is 1. The van der Waals surface area contributed by atoms with Gasteiger partial charge in [0.25, 0.3) is 0 Å². The van der Waals surface area contributed by atoms with E-state index in [4.69, 9.17) is 0 Å². The molecule has 0 aliphatic rings. The minimum atomic E-state index is 1.11. The molecule has 256 valence electrons. The van der Waals surface area contributed by atoms with Crippen molar-refractivity contribution in [3.8, 4) is 22.3 Å². The molecule has 0 N–H and O–H groups in total. The van der Waals surface area contributed by atoms with Crippen LogP contribution in [-0.4, -0.2) is 0 Å². The maximum Gasteiger partial charge on any atom is 0.0468 e. The summed E-state index contributed by atoms with van der Waals surface area (Å²) >= 11 is 0. The largest absolute Gasteiger partial charge is 0.310 e. The fourth-order valence-electron chi connectivity index (χ4n) is 8.75. The highest BCUT2D eigenvalue weighted by atomic mass is 15.1. The van der Waals surface area contributed by atoms with Crippen LogP contribution in [0.2, 0.25) is 0 Å². The summed E-state index contributed by atoms with van der Waals surface area (Å²) in [5.74, 6) is 0. The zero-order valence-electron chi connectivity index (χ0n) is 30.2. The lowest BCUT2D eigenvalue weighted by atomic mass is 9.93. The molecule has 1 heteroatoms. The van der Waals surface area contributed by atoms with Crippen molar-refractivity contribution in [1.82, 2.24) is 0 Å². The Morgan fingerprint density at radius 1 is 0.218 bits per heavy atom. The third kappa shape index (κ3) is 5.24. The molecule has 0 saturated heterocycles. The second-order valence-electron chi connectivity index (χ2n) is 14.5. The van der Waals surface area contributed by atoms with Crippen molar-refractivity contribution >= 4 is 81.7 Å². The van der Waals surface area contributed by atoms with Crippen LogP contribution in [0.15, 0.2) is 212 Å². The zero-order valence-corrected chi connectivity index (χ0v) is 30.2. The Bertz CT molecular complexity index is 3090. The zero-order chi connectivity index (χ0) is 36.3. The third-order valence-corrected chi connectivity index (χ3v) is 11.4. The fraction of sp³-hybridized carbons (Fsp3) is 0. The van der Waals surface area contributed by atoms with Crippen molar-refractivity contribution in [3.05, 3.63) is 212 Å². The average Bonchev–Trinajstić information content (AvgIpc) is 3.26. The lowest BCUT2D eigenvalue weighted by Gasteiger charge is -2.26. The SMILES string of the molecule is c1ccc2c(c1)ccc1cc(N(c3ccc(-c4cc5ccccc5c5ccccc45)cc3)c3ccc(-c4cc5ccccc5c5ccccc45)cc3)ccc12. The predicted molar refractivity (Wildman–Crippen MR) is 237 cm³/mol. The van der Waals surface area contributed by atoms with E-state index in [2.05, 4.69) is 217 Å². The van der Waals surface area contributed by atoms with Crippen LogP contribution < -0.4 is 4.90 Å². The van der Waals surface area contributed by atoms with Crippen LogP contribution in [0.4, 0.5) is 17.1 Å². The molecule has 0 atom stereocenters. The first-order chi connectivity index (χ1) is 27.3. The molecule has 0 amide bonds. The van der Waals surface area contributed by atoms with Gasteiger partial charge in [-0.15, -0.1) is 0 Å². The van der Waals surface area contributed by atoms with Crippen LogP contribution >= 0.6 is 0 Å². The van der Waals surface area contributed by atoms with E-state index >= 15 is 0 Å². The molecular weight excluding hydrogens is 663 g/mol. The average molecular weight is 698 g/mol. The van der Waals surface area contributed by atoms with E-state index in [9.17, 15) is 0 Å². The van der Waals surface area contributed by atoms with Crippen molar-refractivity contribution < 1.29 is 0 Å². The molecule has 55 heavy (non-hydrogen) atoms. The van der Waals surface area contributed by atoms with Gasteiger partial charge < -0.3 is 4.90 Å². The molecule has 0 spiro atoms. The van der Waals surface area contributed by atoms with Crippen molar-refractivity contribution in [3.63, 3.8) is 0 Å². The van der Waals surface area contributed by atoms with Gasteiger partial charge >= 0.3 is 0 Å². The van der Waals surface area contributed by atoms with E-state index in [1.54, 1.807) is 0 Å². The van der Waals surface area contributed by atoms with Gasteiger partial charge in [0.15, 0.2) is 0 Å². The van der Waals surface area contributed by atoms with Crippen molar-refractivity contribution in [2.75, 3.05) is 4.90 Å². The summed E-state index contributed by atoms with van der Waals surface area (Å²) in [6.07, 6.45) is 0. The molecule has 0 heterocycles. The highest BCUT2D eigenvalue weighted by molar-refractivity contribution is 6.15. The summed E-state index contributed by atoms with van der Waals surface area (Å²) in [6, 6.07) is 77.8. The molecule has 0 saturated carbocycles. The fourth-order valence-corrected chi connectivity index (χ4v) is 8.75. The van der Waals surface area contributed by atoms with Crippen molar-refractivity contribution in [1.29, 1.82) is 0 Å². The van der Waals surface area contributed by atoms with Gasteiger partial charge in [-0.1, -0.05) is 164 Å². The van der Waals surface area contributed by atoms with Crippen LogP contribution in [-0.2, 0) is 0 Å². The normalized spacial score (nSPS) is 11.6. The summed E-state index contributed by atoms with van der Waals surface area (Å²) in [5.41, 5.74) is 8.24. The molecule has 0 unspecified atom stereocenters. The van der Waals surface area contributed by atoms with Gasteiger partial charge in [-0.2, -0.15) is 0 Å². The minimum absolute atomic E-state index is 1.11. The van der Waals surface area contributed by atoms with Gasteiger partial charge in [0, 0.05) is 17.1 Å². The van der Waals surface area contributed by atoms with Crippen LogP contribution in [0.3, 0.4) is 0 Å². The topological polar surface area (TPSA) is 3.24 Å². The van der Waals surface area contributed by atoms with E-state index in [-0.39, 0.29) is 0 Å². The third-order valence-electron chi connectivity index (χ3n) is 11.4. The van der Waals surface area contributed by atoms with Gasteiger partial charge in [0.05, 0.1) is 0 Å². The molecule has 0 aromatic heterocycles. The Kier molecular flexibility index (Phi) is 7.25. The minimum Gasteiger partial charge on any atom is -0.310 e. The Hall–Kier alpha value is -7.22. The van der Waals surface area contributed by atoms with Gasteiger partial charge in [-0.25, -0.2) is 0 Å². The van der Waals surface area contributed by atoms with E-state index in [1.807, 2.05) is 0 Å². The molecule has 11 aromatic carbocycles. The smallest absolute Gasteiger partial charge is 0.0468 e. The van der Waals surface area contributed by atoms with Gasteiger partial charge in [0.2, 0.25) is 0 Å². The first kappa shape index (κ1) is 31.3.